The standard InChI is InChI=1S/C24H29Cl2FN2O5S/c1-15(2)13-21(24(31)32)28-23(30)6-4-5-16(3)29(22-14-18(26)9-12-20(22)27)35(33,34)19-10-7-17(25)8-11-19/h7-12,14-16,21H,4-6,13H2,1-3H3,(H,28,30)(H,31,32)/t16-,21+/m1/s1. The third-order valence-corrected chi connectivity index (χ3v) is 7.71. The lowest BCUT2D eigenvalue weighted by Gasteiger charge is -2.31. The van der Waals surface area contributed by atoms with Gasteiger partial charge in [-0.25, -0.2) is 17.6 Å². The molecule has 0 saturated carbocycles. The number of anilines is 1. The van der Waals surface area contributed by atoms with Crippen LogP contribution < -0.4 is 9.62 Å². The maximum Gasteiger partial charge on any atom is 0.326 e. The second kappa shape index (κ2) is 12.6. The molecule has 7 nitrogen and oxygen atoms in total. The van der Waals surface area contributed by atoms with Crippen LogP contribution in [-0.2, 0) is 19.6 Å². The van der Waals surface area contributed by atoms with Crippen LogP contribution in [0.25, 0.3) is 0 Å². The van der Waals surface area contributed by atoms with E-state index in [0.717, 1.165) is 10.4 Å². The van der Waals surface area contributed by atoms with Crippen molar-refractivity contribution >= 4 is 50.8 Å². The van der Waals surface area contributed by atoms with Crippen LogP contribution in [0.2, 0.25) is 10.0 Å². The van der Waals surface area contributed by atoms with Crippen molar-refractivity contribution in [2.75, 3.05) is 4.31 Å². The Morgan fingerprint density at radius 1 is 1.06 bits per heavy atom. The highest BCUT2D eigenvalue weighted by Gasteiger charge is 2.32. The third-order valence-electron chi connectivity index (χ3n) is 5.28. The number of rotatable bonds is 12. The number of carbonyl (C=O) groups excluding carboxylic acids is 1. The van der Waals surface area contributed by atoms with Crippen LogP contribution >= 0.6 is 23.2 Å². The fourth-order valence-corrected chi connectivity index (χ4v) is 5.59. The molecule has 0 fully saturated rings. The van der Waals surface area contributed by atoms with Crippen LogP contribution in [0.15, 0.2) is 47.4 Å². The van der Waals surface area contributed by atoms with Gasteiger partial charge in [-0.2, -0.15) is 0 Å². The summed E-state index contributed by atoms with van der Waals surface area (Å²) in [4.78, 5) is 23.6. The van der Waals surface area contributed by atoms with Crippen molar-refractivity contribution < 1.29 is 27.5 Å². The molecule has 192 valence electrons. The lowest BCUT2D eigenvalue weighted by Crippen LogP contribution is -2.42. The molecule has 0 aliphatic heterocycles. The average Bonchev–Trinajstić information content (AvgIpc) is 2.75. The van der Waals surface area contributed by atoms with E-state index in [0.29, 0.717) is 11.4 Å². The first-order valence-electron chi connectivity index (χ1n) is 11.1. The molecule has 2 atom stereocenters. The molecule has 11 heteroatoms. The molecule has 0 heterocycles. The zero-order valence-corrected chi connectivity index (χ0v) is 22.0. The summed E-state index contributed by atoms with van der Waals surface area (Å²) in [5.41, 5.74) is -0.215. The molecule has 0 spiro atoms. The van der Waals surface area contributed by atoms with Crippen molar-refractivity contribution in [3.05, 3.63) is 58.3 Å². The Kier molecular flexibility index (Phi) is 10.4. The van der Waals surface area contributed by atoms with Crippen molar-refractivity contribution in [1.29, 1.82) is 0 Å². The average molecular weight is 547 g/mol. The summed E-state index contributed by atoms with van der Waals surface area (Å²) in [6.07, 6.45) is 0.724. The predicted molar refractivity (Wildman–Crippen MR) is 135 cm³/mol. The van der Waals surface area contributed by atoms with Crippen LogP contribution in [0.5, 0.6) is 0 Å². The molecule has 35 heavy (non-hydrogen) atoms. The van der Waals surface area contributed by atoms with Gasteiger partial charge in [-0.15, -0.1) is 0 Å². The Morgan fingerprint density at radius 3 is 2.23 bits per heavy atom. The van der Waals surface area contributed by atoms with Crippen molar-refractivity contribution in [2.45, 2.75) is 63.4 Å². The van der Waals surface area contributed by atoms with Gasteiger partial charge in [0.25, 0.3) is 10.0 Å². The molecule has 2 N–H and O–H groups in total. The Morgan fingerprint density at radius 2 is 1.66 bits per heavy atom. The van der Waals surface area contributed by atoms with Gasteiger partial charge in [0, 0.05) is 22.5 Å². The quantitative estimate of drug-likeness (QED) is 0.365. The zero-order chi connectivity index (χ0) is 26.3. The van der Waals surface area contributed by atoms with Crippen LogP contribution in [0.3, 0.4) is 0 Å². The van der Waals surface area contributed by atoms with Gasteiger partial charge in [-0.3, -0.25) is 9.10 Å². The van der Waals surface area contributed by atoms with E-state index in [-0.39, 0.29) is 40.8 Å². The van der Waals surface area contributed by atoms with Crippen molar-refractivity contribution in [2.24, 2.45) is 5.92 Å². The van der Waals surface area contributed by atoms with Crippen molar-refractivity contribution in [3.63, 3.8) is 0 Å². The first-order valence-corrected chi connectivity index (χ1v) is 13.3. The molecule has 0 aromatic heterocycles. The van der Waals surface area contributed by atoms with E-state index in [1.807, 2.05) is 13.8 Å². The summed E-state index contributed by atoms with van der Waals surface area (Å²) in [5.74, 6) is -2.26. The van der Waals surface area contributed by atoms with Gasteiger partial charge in [0.1, 0.15) is 11.9 Å². The van der Waals surface area contributed by atoms with E-state index in [1.165, 1.54) is 36.4 Å². The molecule has 0 saturated heterocycles. The summed E-state index contributed by atoms with van der Waals surface area (Å²) in [6, 6.07) is 7.39. The van der Waals surface area contributed by atoms with Crippen molar-refractivity contribution in [1.82, 2.24) is 5.32 Å². The number of halogens is 3. The zero-order valence-electron chi connectivity index (χ0n) is 19.7. The van der Waals surface area contributed by atoms with Crippen molar-refractivity contribution in [3.8, 4) is 0 Å². The van der Waals surface area contributed by atoms with E-state index in [1.54, 1.807) is 6.92 Å². The minimum absolute atomic E-state index is 0.0148. The minimum atomic E-state index is -4.21. The van der Waals surface area contributed by atoms with E-state index in [4.69, 9.17) is 23.2 Å². The Bertz CT molecular complexity index is 1140. The first-order chi connectivity index (χ1) is 16.3. The van der Waals surface area contributed by atoms with Gasteiger partial charge >= 0.3 is 5.97 Å². The Labute approximate surface area is 215 Å². The molecular weight excluding hydrogens is 518 g/mol. The summed E-state index contributed by atoms with van der Waals surface area (Å²) in [7, 11) is -4.21. The third kappa shape index (κ3) is 8.08. The lowest BCUT2D eigenvalue weighted by atomic mass is 10.0. The first kappa shape index (κ1) is 28.9. The number of amides is 1. The Hall–Kier alpha value is -2.36. The predicted octanol–water partition coefficient (Wildman–Crippen LogP) is 5.50. The molecule has 0 radical (unpaired) electrons. The lowest BCUT2D eigenvalue weighted by molar-refractivity contribution is -0.142. The SMILES string of the molecule is CC(C)C[C@H](NC(=O)CCC[C@@H](C)N(c1cc(Cl)ccc1F)S(=O)(=O)c1ccc(Cl)cc1)C(=O)O. The molecule has 0 aliphatic rings. The summed E-state index contributed by atoms with van der Waals surface area (Å²) in [5, 5.41) is 12.3. The number of hydrogen-bond donors (Lipinski definition) is 2. The maximum absolute atomic E-state index is 14.8. The van der Waals surface area contributed by atoms with E-state index < -0.39 is 39.8 Å². The largest absolute Gasteiger partial charge is 0.480 e. The molecular formula is C24H29Cl2FN2O5S. The van der Waals surface area contributed by atoms with E-state index in [2.05, 4.69) is 5.32 Å². The van der Waals surface area contributed by atoms with Crippen LogP contribution in [0.1, 0.15) is 46.5 Å². The van der Waals surface area contributed by atoms with Gasteiger partial charge in [0.2, 0.25) is 5.91 Å². The number of carboxylic acid groups (broad SMARTS) is 1. The second-order valence-electron chi connectivity index (χ2n) is 8.68. The molecule has 0 bridgehead atoms. The minimum Gasteiger partial charge on any atom is -0.480 e. The number of benzene rings is 2. The maximum atomic E-state index is 14.8. The Balaban J connectivity index is 2.23. The highest BCUT2D eigenvalue weighted by molar-refractivity contribution is 7.92. The van der Waals surface area contributed by atoms with Crippen LogP contribution in [0, 0.1) is 11.7 Å². The number of sulfonamides is 1. The topological polar surface area (TPSA) is 104 Å². The number of hydrogen-bond acceptors (Lipinski definition) is 4. The smallest absolute Gasteiger partial charge is 0.326 e. The van der Waals surface area contributed by atoms with Gasteiger partial charge < -0.3 is 10.4 Å². The molecule has 2 aromatic rings. The fraction of sp³-hybridized carbons (Fsp3) is 0.417. The molecule has 0 aliphatic carbocycles. The molecule has 0 unspecified atom stereocenters. The number of nitrogens with one attached hydrogen (secondary N) is 1. The van der Waals surface area contributed by atoms with Gasteiger partial charge in [0.15, 0.2) is 0 Å². The monoisotopic (exact) mass is 546 g/mol. The number of aliphatic carboxylic acids is 1. The number of carbonyl (C=O) groups is 2. The highest BCUT2D eigenvalue weighted by Crippen LogP contribution is 2.32. The van der Waals surface area contributed by atoms with Gasteiger partial charge in [0.05, 0.1) is 10.6 Å². The van der Waals surface area contributed by atoms with Crippen LogP contribution in [-0.4, -0.2) is 37.5 Å². The normalized spacial score (nSPS) is 13.3. The van der Waals surface area contributed by atoms with Crippen LogP contribution in [0.4, 0.5) is 10.1 Å². The van der Waals surface area contributed by atoms with Gasteiger partial charge in [-0.05, 0) is 74.6 Å². The molecule has 2 rings (SSSR count). The van der Waals surface area contributed by atoms with E-state index in [9.17, 15) is 27.5 Å². The molecule has 1 amide bonds. The fourth-order valence-electron chi connectivity index (χ4n) is 3.61. The summed E-state index contributed by atoms with van der Waals surface area (Å²) in [6.45, 7) is 5.31. The molecule has 2 aromatic carbocycles. The summed E-state index contributed by atoms with van der Waals surface area (Å²) >= 11 is 11.9. The van der Waals surface area contributed by atoms with Gasteiger partial charge in [-0.1, -0.05) is 37.0 Å². The highest BCUT2D eigenvalue weighted by atomic mass is 35.5. The summed E-state index contributed by atoms with van der Waals surface area (Å²) < 4.78 is 42.7. The number of carboxylic acids is 1. The van der Waals surface area contributed by atoms with E-state index >= 15 is 0 Å². The second-order valence-corrected chi connectivity index (χ2v) is 11.4. The number of nitrogens with zero attached hydrogens (tertiary/aromatic N) is 1.